The average Bonchev–Trinajstić information content (AvgIpc) is 2.97. The Bertz CT molecular complexity index is 1470. The van der Waals surface area contributed by atoms with Crippen LogP contribution in [0.25, 0.3) is 0 Å². The Balaban J connectivity index is 1.70. The van der Waals surface area contributed by atoms with Crippen LogP contribution in [0, 0.1) is 19.7 Å². The van der Waals surface area contributed by atoms with Crippen molar-refractivity contribution < 1.29 is 22.4 Å². The molecule has 0 spiro atoms. The highest BCUT2D eigenvalue weighted by atomic mass is 32.2. The summed E-state index contributed by atoms with van der Waals surface area (Å²) < 4.78 is 42.6. The maximum absolute atomic E-state index is 14.2. The van der Waals surface area contributed by atoms with Gasteiger partial charge in [0.05, 0.1) is 10.6 Å². The van der Waals surface area contributed by atoms with E-state index in [1.54, 1.807) is 12.1 Å². The van der Waals surface area contributed by atoms with Crippen LogP contribution in [0.1, 0.15) is 62.1 Å². The Kier molecular flexibility index (Phi) is 10.4. The lowest BCUT2D eigenvalue weighted by Crippen LogP contribution is -2.54. The number of nitrogens with zero attached hydrogens (tertiary/aromatic N) is 2. The van der Waals surface area contributed by atoms with E-state index in [1.165, 1.54) is 29.2 Å². The second-order valence-corrected chi connectivity index (χ2v) is 12.9. The quantitative estimate of drug-likeness (QED) is 0.300. The summed E-state index contributed by atoms with van der Waals surface area (Å²) in [6, 6.07) is 18.3. The summed E-state index contributed by atoms with van der Waals surface area (Å²) >= 11 is 0. The first-order valence-corrected chi connectivity index (χ1v) is 16.0. The molecule has 224 valence electrons. The summed E-state index contributed by atoms with van der Waals surface area (Å²) in [6.45, 7) is 5.24. The molecule has 0 aromatic heterocycles. The second kappa shape index (κ2) is 14.0. The van der Waals surface area contributed by atoms with Gasteiger partial charge < -0.3 is 10.2 Å². The third-order valence-corrected chi connectivity index (χ3v) is 9.56. The van der Waals surface area contributed by atoms with E-state index >= 15 is 0 Å². The zero-order chi connectivity index (χ0) is 30.3. The highest BCUT2D eigenvalue weighted by Crippen LogP contribution is 2.26. The number of hydrogen-bond acceptors (Lipinski definition) is 4. The molecule has 0 heterocycles. The van der Waals surface area contributed by atoms with Crippen molar-refractivity contribution in [3.63, 3.8) is 0 Å². The van der Waals surface area contributed by atoms with Gasteiger partial charge in [0.2, 0.25) is 11.8 Å². The van der Waals surface area contributed by atoms with Gasteiger partial charge in [-0.05, 0) is 75.1 Å². The lowest BCUT2D eigenvalue weighted by Gasteiger charge is -2.34. The molecule has 7 nitrogen and oxygen atoms in total. The lowest BCUT2D eigenvalue weighted by atomic mass is 9.95. The Morgan fingerprint density at radius 1 is 0.929 bits per heavy atom. The molecular weight excluding hydrogens is 553 g/mol. The standard InChI is InChI=1S/C33H40FN3O4S/c1-4-31(33(39)35-28-11-6-5-7-12-28)36(22-26-10-8-9-25(3)21-26)32(38)23-37(29-17-15-27(34)16-18-29)42(40,41)30-19-13-24(2)14-20-30/h8-10,13-21,28,31H,4-7,11-12,22-23H2,1-3H3,(H,35,39)/t31-/m1/s1. The van der Waals surface area contributed by atoms with E-state index in [-0.39, 0.29) is 29.1 Å². The first kappa shape index (κ1) is 31.2. The van der Waals surface area contributed by atoms with Gasteiger partial charge >= 0.3 is 0 Å². The third-order valence-electron chi connectivity index (χ3n) is 7.78. The number of rotatable bonds is 11. The van der Waals surface area contributed by atoms with E-state index < -0.39 is 34.3 Å². The molecule has 1 fully saturated rings. The number of sulfonamides is 1. The monoisotopic (exact) mass is 593 g/mol. The number of anilines is 1. The van der Waals surface area contributed by atoms with Crippen molar-refractivity contribution in [2.75, 3.05) is 10.8 Å². The predicted octanol–water partition coefficient (Wildman–Crippen LogP) is 5.89. The molecule has 0 radical (unpaired) electrons. The number of amides is 2. The summed E-state index contributed by atoms with van der Waals surface area (Å²) in [6.07, 6.45) is 5.42. The van der Waals surface area contributed by atoms with Gasteiger partial charge in [0, 0.05) is 12.6 Å². The summed E-state index contributed by atoms with van der Waals surface area (Å²) in [5.41, 5.74) is 2.88. The summed E-state index contributed by atoms with van der Waals surface area (Å²) in [7, 11) is -4.20. The second-order valence-electron chi connectivity index (χ2n) is 11.1. The molecule has 4 rings (SSSR count). The smallest absolute Gasteiger partial charge is 0.264 e. The summed E-state index contributed by atoms with van der Waals surface area (Å²) in [4.78, 5) is 29.3. The van der Waals surface area contributed by atoms with Crippen molar-refractivity contribution in [2.45, 2.75) is 82.8 Å². The molecule has 1 N–H and O–H groups in total. The van der Waals surface area contributed by atoms with Crippen LogP contribution in [0.3, 0.4) is 0 Å². The van der Waals surface area contributed by atoms with Crippen molar-refractivity contribution >= 4 is 27.5 Å². The molecule has 1 aliphatic carbocycles. The minimum absolute atomic E-state index is 0.0116. The van der Waals surface area contributed by atoms with Crippen molar-refractivity contribution in [1.29, 1.82) is 0 Å². The Hall–Kier alpha value is -3.72. The van der Waals surface area contributed by atoms with Crippen molar-refractivity contribution in [1.82, 2.24) is 10.2 Å². The molecular formula is C33H40FN3O4S. The van der Waals surface area contributed by atoms with Crippen molar-refractivity contribution in [3.8, 4) is 0 Å². The first-order chi connectivity index (χ1) is 20.1. The average molecular weight is 594 g/mol. The van der Waals surface area contributed by atoms with E-state index in [4.69, 9.17) is 0 Å². The van der Waals surface area contributed by atoms with Crippen LogP contribution in [0.15, 0.2) is 77.7 Å². The van der Waals surface area contributed by atoms with Gasteiger partial charge in [-0.3, -0.25) is 13.9 Å². The maximum Gasteiger partial charge on any atom is 0.264 e. The zero-order valence-corrected chi connectivity index (χ0v) is 25.4. The number of carbonyl (C=O) groups excluding carboxylic acids is 2. The van der Waals surface area contributed by atoms with Crippen LogP contribution in [-0.2, 0) is 26.2 Å². The molecule has 0 saturated heterocycles. The largest absolute Gasteiger partial charge is 0.352 e. The number of carbonyl (C=O) groups is 2. The molecule has 0 unspecified atom stereocenters. The molecule has 3 aromatic carbocycles. The zero-order valence-electron chi connectivity index (χ0n) is 24.6. The SMILES string of the molecule is CC[C@H](C(=O)NC1CCCCC1)N(Cc1cccc(C)c1)C(=O)CN(c1ccc(F)cc1)S(=O)(=O)c1ccc(C)cc1. The highest BCUT2D eigenvalue weighted by Gasteiger charge is 2.34. The van der Waals surface area contributed by atoms with E-state index in [0.29, 0.717) is 6.42 Å². The Labute approximate surface area is 248 Å². The van der Waals surface area contributed by atoms with Crippen LogP contribution in [-0.4, -0.2) is 43.8 Å². The fraction of sp³-hybridized carbons (Fsp3) is 0.394. The molecule has 1 atom stereocenters. The molecule has 0 bridgehead atoms. The van der Waals surface area contributed by atoms with Gasteiger partial charge in [-0.15, -0.1) is 0 Å². The summed E-state index contributed by atoms with van der Waals surface area (Å²) in [5.74, 6) is -1.29. The Morgan fingerprint density at radius 2 is 1.60 bits per heavy atom. The minimum Gasteiger partial charge on any atom is -0.352 e. The topological polar surface area (TPSA) is 86.8 Å². The van der Waals surface area contributed by atoms with Gasteiger partial charge in [0.1, 0.15) is 18.4 Å². The molecule has 0 aliphatic heterocycles. The van der Waals surface area contributed by atoms with Gasteiger partial charge in [-0.25, -0.2) is 12.8 Å². The third kappa shape index (κ3) is 7.76. The molecule has 2 amide bonds. The lowest BCUT2D eigenvalue weighted by molar-refractivity contribution is -0.140. The molecule has 3 aromatic rings. The van der Waals surface area contributed by atoms with Crippen LogP contribution < -0.4 is 9.62 Å². The molecule has 1 aliphatic rings. The molecule has 1 saturated carbocycles. The minimum atomic E-state index is -4.20. The number of aryl methyl sites for hydroxylation is 2. The molecule has 9 heteroatoms. The Morgan fingerprint density at radius 3 is 2.21 bits per heavy atom. The van der Waals surface area contributed by atoms with Crippen molar-refractivity contribution in [2.24, 2.45) is 0 Å². The highest BCUT2D eigenvalue weighted by molar-refractivity contribution is 7.92. The molecule has 42 heavy (non-hydrogen) atoms. The van der Waals surface area contributed by atoms with Gasteiger partial charge in [-0.2, -0.15) is 0 Å². The van der Waals surface area contributed by atoms with Crippen LogP contribution >= 0.6 is 0 Å². The normalized spacial score (nSPS) is 14.7. The number of nitrogens with one attached hydrogen (secondary N) is 1. The van der Waals surface area contributed by atoms with Crippen molar-refractivity contribution in [3.05, 3.63) is 95.3 Å². The van der Waals surface area contributed by atoms with E-state index in [1.807, 2.05) is 45.0 Å². The van der Waals surface area contributed by atoms with Crippen LogP contribution in [0.4, 0.5) is 10.1 Å². The van der Waals surface area contributed by atoms with E-state index in [9.17, 15) is 22.4 Å². The fourth-order valence-electron chi connectivity index (χ4n) is 5.44. The van der Waals surface area contributed by atoms with Crippen LogP contribution in [0.5, 0.6) is 0 Å². The van der Waals surface area contributed by atoms with Gasteiger partial charge in [0.15, 0.2) is 0 Å². The van der Waals surface area contributed by atoms with Crippen LogP contribution in [0.2, 0.25) is 0 Å². The predicted molar refractivity (Wildman–Crippen MR) is 163 cm³/mol. The van der Waals surface area contributed by atoms with E-state index in [2.05, 4.69) is 5.32 Å². The first-order valence-electron chi connectivity index (χ1n) is 14.6. The number of hydrogen-bond donors (Lipinski definition) is 1. The van der Waals surface area contributed by atoms with Gasteiger partial charge in [0.25, 0.3) is 10.0 Å². The fourth-order valence-corrected chi connectivity index (χ4v) is 6.86. The maximum atomic E-state index is 14.2. The number of benzene rings is 3. The summed E-state index contributed by atoms with van der Waals surface area (Å²) in [5, 5.41) is 3.15. The number of halogens is 1. The van der Waals surface area contributed by atoms with Gasteiger partial charge in [-0.1, -0.05) is 73.7 Å². The van der Waals surface area contributed by atoms with E-state index in [0.717, 1.165) is 65.2 Å².